The fourth-order valence-corrected chi connectivity index (χ4v) is 5.46. The van der Waals surface area contributed by atoms with Gasteiger partial charge in [-0.3, -0.25) is 14.2 Å². The molecule has 1 atom stereocenters. The zero-order valence-corrected chi connectivity index (χ0v) is 20.2. The molecule has 174 valence electrons. The van der Waals surface area contributed by atoms with Crippen LogP contribution in [-0.4, -0.2) is 22.1 Å². The summed E-state index contributed by atoms with van der Waals surface area (Å²) in [5, 5.41) is 5.46. The molecule has 5 rings (SSSR count). The third-order valence-electron chi connectivity index (χ3n) is 6.42. The molecule has 1 aliphatic carbocycles. The van der Waals surface area contributed by atoms with Crippen molar-refractivity contribution in [3.63, 3.8) is 0 Å². The van der Waals surface area contributed by atoms with Crippen LogP contribution in [0.3, 0.4) is 0 Å². The van der Waals surface area contributed by atoms with Crippen molar-refractivity contribution < 1.29 is 9.53 Å². The van der Waals surface area contributed by atoms with E-state index < -0.39 is 6.04 Å². The Labute approximate surface area is 202 Å². The van der Waals surface area contributed by atoms with Crippen molar-refractivity contribution in [3.05, 3.63) is 75.7 Å². The molecule has 1 N–H and O–H groups in total. The molecule has 0 saturated carbocycles. The molecular formula is C27H27N3O3S. The summed E-state index contributed by atoms with van der Waals surface area (Å²) in [5.74, 6) is 0.292. The van der Waals surface area contributed by atoms with Crippen molar-refractivity contribution in [2.75, 3.05) is 11.9 Å². The Hall–Kier alpha value is -3.45. The molecule has 0 aliphatic heterocycles. The Kier molecular flexibility index (Phi) is 6.20. The van der Waals surface area contributed by atoms with E-state index in [1.807, 2.05) is 24.4 Å². The van der Waals surface area contributed by atoms with Crippen molar-refractivity contribution >= 4 is 33.1 Å². The lowest BCUT2D eigenvalue weighted by Gasteiger charge is -2.17. The molecule has 0 radical (unpaired) electrons. The molecule has 1 unspecified atom stereocenters. The Morgan fingerprint density at radius 2 is 1.97 bits per heavy atom. The second-order valence-corrected chi connectivity index (χ2v) is 9.43. The fraction of sp³-hybridized carbons (Fsp3) is 0.296. The number of hydrogen-bond donors (Lipinski definition) is 1. The number of carbonyl (C=O) groups excluding carboxylic acids is 1. The van der Waals surface area contributed by atoms with E-state index in [0.29, 0.717) is 28.3 Å². The first-order chi connectivity index (χ1) is 16.6. The van der Waals surface area contributed by atoms with Gasteiger partial charge in [0.15, 0.2) is 0 Å². The largest absolute Gasteiger partial charge is 0.492 e. The molecule has 4 aromatic rings. The number of nitrogens with zero attached hydrogens (tertiary/aromatic N) is 2. The van der Waals surface area contributed by atoms with E-state index in [0.717, 1.165) is 24.0 Å². The van der Waals surface area contributed by atoms with Gasteiger partial charge >= 0.3 is 0 Å². The van der Waals surface area contributed by atoms with Gasteiger partial charge in [-0.25, -0.2) is 4.98 Å². The van der Waals surface area contributed by atoms with Crippen molar-refractivity contribution in [1.29, 1.82) is 0 Å². The van der Waals surface area contributed by atoms with Gasteiger partial charge in [-0.1, -0.05) is 30.3 Å². The summed E-state index contributed by atoms with van der Waals surface area (Å²) in [7, 11) is 0. The molecule has 0 fully saturated rings. The first-order valence-corrected chi connectivity index (χ1v) is 12.6. The molecule has 1 amide bonds. The molecule has 2 aromatic carbocycles. The standard InChI is InChI=1S/C27H27N3O3S/c1-3-33-23-11-7-6-10-22(23)29-25(31)17(2)30-16-28-26-24(27(30)32)21(15-34-26)20-13-12-18-8-4-5-9-19(18)14-20/h6-7,10-17H,3-5,8-9H2,1-2H3,(H,29,31). The zero-order valence-electron chi connectivity index (χ0n) is 19.3. The number of fused-ring (bicyclic) bond motifs is 2. The van der Waals surface area contributed by atoms with Crippen molar-refractivity contribution in [2.45, 2.75) is 45.6 Å². The van der Waals surface area contributed by atoms with Crippen LogP contribution in [0.2, 0.25) is 0 Å². The van der Waals surface area contributed by atoms with Crippen LogP contribution in [0.5, 0.6) is 5.75 Å². The summed E-state index contributed by atoms with van der Waals surface area (Å²) in [5.41, 5.74) is 5.06. The van der Waals surface area contributed by atoms with Crippen LogP contribution in [0, 0.1) is 0 Å². The van der Waals surface area contributed by atoms with Crippen molar-refractivity contribution in [3.8, 4) is 16.9 Å². The first kappa shape index (κ1) is 22.3. The summed E-state index contributed by atoms with van der Waals surface area (Å²) >= 11 is 1.46. The average molecular weight is 474 g/mol. The zero-order chi connectivity index (χ0) is 23.7. The van der Waals surface area contributed by atoms with Crippen molar-refractivity contribution in [1.82, 2.24) is 9.55 Å². The summed E-state index contributed by atoms with van der Waals surface area (Å²) in [6, 6.07) is 13.0. The molecule has 34 heavy (non-hydrogen) atoms. The Morgan fingerprint density at radius 3 is 2.79 bits per heavy atom. The van der Waals surface area contributed by atoms with E-state index in [4.69, 9.17) is 4.74 Å². The number of amides is 1. The van der Waals surface area contributed by atoms with Crippen LogP contribution in [0.4, 0.5) is 5.69 Å². The van der Waals surface area contributed by atoms with Gasteiger partial charge in [0.2, 0.25) is 5.91 Å². The Bertz CT molecular complexity index is 1420. The van der Waals surface area contributed by atoms with Gasteiger partial charge in [0.25, 0.3) is 5.56 Å². The number of benzene rings is 2. The van der Waals surface area contributed by atoms with E-state index in [1.165, 1.54) is 46.2 Å². The topological polar surface area (TPSA) is 73.2 Å². The van der Waals surface area contributed by atoms with Crippen LogP contribution < -0.4 is 15.6 Å². The van der Waals surface area contributed by atoms with Crippen LogP contribution in [0.1, 0.15) is 43.9 Å². The van der Waals surface area contributed by atoms with Gasteiger partial charge in [-0.2, -0.15) is 0 Å². The minimum absolute atomic E-state index is 0.209. The monoisotopic (exact) mass is 473 g/mol. The van der Waals surface area contributed by atoms with E-state index in [9.17, 15) is 9.59 Å². The normalized spacial score (nSPS) is 13.9. The van der Waals surface area contributed by atoms with Crippen LogP contribution in [0.25, 0.3) is 21.3 Å². The first-order valence-electron chi connectivity index (χ1n) is 11.7. The third kappa shape index (κ3) is 4.12. The maximum atomic E-state index is 13.6. The predicted octanol–water partition coefficient (Wildman–Crippen LogP) is 5.60. The maximum absolute atomic E-state index is 13.6. The molecule has 2 aromatic heterocycles. The number of thiophene rings is 1. The number of hydrogen-bond acceptors (Lipinski definition) is 5. The number of para-hydroxylation sites is 2. The number of rotatable bonds is 6. The van der Waals surface area contributed by atoms with E-state index in [-0.39, 0.29) is 11.5 Å². The number of aromatic nitrogens is 2. The number of carbonyl (C=O) groups is 1. The van der Waals surface area contributed by atoms with Gasteiger partial charge in [0, 0.05) is 10.9 Å². The summed E-state index contributed by atoms with van der Waals surface area (Å²) in [4.78, 5) is 31.8. The summed E-state index contributed by atoms with van der Waals surface area (Å²) in [6.45, 7) is 4.09. The Morgan fingerprint density at radius 1 is 1.18 bits per heavy atom. The average Bonchev–Trinajstić information content (AvgIpc) is 3.30. The minimum atomic E-state index is -0.740. The van der Waals surface area contributed by atoms with Gasteiger partial charge in [-0.05, 0) is 68.4 Å². The Balaban J connectivity index is 1.49. The molecule has 0 saturated heterocycles. The fourth-order valence-electron chi connectivity index (χ4n) is 4.55. The van der Waals surface area contributed by atoms with E-state index in [1.54, 1.807) is 19.1 Å². The summed E-state index contributed by atoms with van der Waals surface area (Å²) < 4.78 is 7.02. The quantitative estimate of drug-likeness (QED) is 0.395. The van der Waals surface area contributed by atoms with Crippen LogP contribution >= 0.6 is 11.3 Å². The summed E-state index contributed by atoms with van der Waals surface area (Å²) in [6.07, 6.45) is 6.10. The molecule has 7 heteroatoms. The molecule has 0 spiro atoms. The third-order valence-corrected chi connectivity index (χ3v) is 7.31. The SMILES string of the molecule is CCOc1ccccc1NC(=O)C(C)n1cnc2scc(-c3ccc4c(c3)CCCC4)c2c1=O. The van der Waals surface area contributed by atoms with E-state index in [2.05, 4.69) is 28.5 Å². The maximum Gasteiger partial charge on any atom is 0.263 e. The molecule has 0 bridgehead atoms. The van der Waals surface area contributed by atoms with Gasteiger partial charge < -0.3 is 10.1 Å². The highest BCUT2D eigenvalue weighted by atomic mass is 32.1. The van der Waals surface area contributed by atoms with Crippen molar-refractivity contribution in [2.24, 2.45) is 0 Å². The molecular weight excluding hydrogens is 446 g/mol. The number of anilines is 1. The highest BCUT2D eigenvalue weighted by Gasteiger charge is 2.22. The lowest BCUT2D eigenvalue weighted by molar-refractivity contribution is -0.118. The van der Waals surface area contributed by atoms with Gasteiger partial charge in [0.1, 0.15) is 16.6 Å². The number of nitrogens with one attached hydrogen (secondary N) is 1. The smallest absolute Gasteiger partial charge is 0.263 e. The van der Waals surface area contributed by atoms with Crippen LogP contribution in [-0.2, 0) is 17.6 Å². The number of aryl methyl sites for hydroxylation is 2. The van der Waals surface area contributed by atoms with E-state index >= 15 is 0 Å². The highest BCUT2D eigenvalue weighted by Crippen LogP contribution is 2.34. The minimum Gasteiger partial charge on any atom is -0.492 e. The second-order valence-electron chi connectivity index (χ2n) is 8.57. The lowest BCUT2D eigenvalue weighted by atomic mass is 9.89. The van der Waals surface area contributed by atoms with Gasteiger partial charge in [-0.15, -0.1) is 11.3 Å². The lowest BCUT2D eigenvalue weighted by Crippen LogP contribution is -2.31. The second kappa shape index (κ2) is 9.43. The highest BCUT2D eigenvalue weighted by molar-refractivity contribution is 7.17. The predicted molar refractivity (Wildman–Crippen MR) is 137 cm³/mol. The van der Waals surface area contributed by atoms with Gasteiger partial charge in [0.05, 0.1) is 24.0 Å². The van der Waals surface area contributed by atoms with Crippen LogP contribution in [0.15, 0.2) is 59.0 Å². The molecule has 1 aliphatic rings. The molecule has 6 nitrogen and oxygen atoms in total. The number of ether oxygens (including phenoxy) is 1. The molecule has 2 heterocycles.